The van der Waals surface area contributed by atoms with Gasteiger partial charge >= 0.3 is 12.4 Å². The number of rotatable bonds is 2. The molecule has 0 amide bonds. The first kappa shape index (κ1) is 13.5. The van der Waals surface area contributed by atoms with E-state index < -0.39 is 30.2 Å². The molecule has 1 nitrogen and oxygen atoms in total. The van der Waals surface area contributed by atoms with Gasteiger partial charge in [-0.1, -0.05) is 13.8 Å². The molecule has 0 rings (SSSR count). The molecule has 0 radical (unpaired) electrons. The molecule has 2 N–H and O–H groups in total. The zero-order valence-electron chi connectivity index (χ0n) is 7.58. The van der Waals surface area contributed by atoms with Gasteiger partial charge in [-0.15, -0.1) is 0 Å². The molecule has 1 atom stereocenters. The van der Waals surface area contributed by atoms with E-state index in [2.05, 4.69) is 0 Å². The molecule has 0 saturated heterocycles. The van der Waals surface area contributed by atoms with Crippen LogP contribution in [0.15, 0.2) is 0 Å². The number of hydrogen-bond acceptors (Lipinski definition) is 1. The van der Waals surface area contributed by atoms with E-state index in [0.29, 0.717) is 0 Å². The Morgan fingerprint density at radius 2 is 1.14 bits per heavy atom. The fourth-order valence-electron chi connectivity index (χ4n) is 1.01. The molecule has 0 aromatic heterocycles. The summed E-state index contributed by atoms with van der Waals surface area (Å²) in [5.41, 5.74) is 4.89. The van der Waals surface area contributed by atoms with Crippen LogP contribution in [0.2, 0.25) is 0 Å². The van der Waals surface area contributed by atoms with Gasteiger partial charge in [0, 0.05) is 6.04 Å². The highest BCUT2D eigenvalue weighted by molar-refractivity contribution is 4.86. The Labute approximate surface area is 77.3 Å². The first-order valence-corrected chi connectivity index (χ1v) is 3.87. The maximum atomic E-state index is 12.0. The second kappa shape index (κ2) is 3.96. The van der Waals surface area contributed by atoms with Gasteiger partial charge in [-0.3, -0.25) is 0 Å². The highest BCUT2D eigenvalue weighted by Gasteiger charge is 2.59. The van der Waals surface area contributed by atoms with Gasteiger partial charge in [0.25, 0.3) is 0 Å². The van der Waals surface area contributed by atoms with Gasteiger partial charge in [0.1, 0.15) is 0 Å². The summed E-state index contributed by atoms with van der Waals surface area (Å²) in [6.07, 6.45) is -10.7. The van der Waals surface area contributed by atoms with Gasteiger partial charge in [0.2, 0.25) is 0 Å². The molecule has 0 aliphatic heterocycles. The van der Waals surface area contributed by atoms with Crippen molar-refractivity contribution < 1.29 is 26.3 Å². The fourth-order valence-corrected chi connectivity index (χ4v) is 1.01. The molecule has 86 valence electrons. The van der Waals surface area contributed by atoms with Crippen molar-refractivity contribution >= 4 is 0 Å². The smallest absolute Gasteiger partial charge is 0.327 e. The lowest BCUT2D eigenvalue weighted by molar-refractivity contribution is -0.291. The van der Waals surface area contributed by atoms with Gasteiger partial charge in [-0.25, -0.2) is 0 Å². The molecule has 0 fully saturated rings. The zero-order valence-corrected chi connectivity index (χ0v) is 7.58. The molecular weight excluding hydrogens is 212 g/mol. The molecule has 14 heavy (non-hydrogen) atoms. The monoisotopic (exact) mass is 223 g/mol. The summed E-state index contributed by atoms with van der Waals surface area (Å²) >= 11 is 0. The van der Waals surface area contributed by atoms with Crippen LogP contribution in [-0.4, -0.2) is 18.4 Å². The maximum Gasteiger partial charge on any atom is 0.402 e. The first-order valence-electron chi connectivity index (χ1n) is 3.87. The molecule has 0 saturated carbocycles. The van der Waals surface area contributed by atoms with Crippen LogP contribution in [0.25, 0.3) is 0 Å². The number of hydrogen-bond donors (Lipinski definition) is 1. The van der Waals surface area contributed by atoms with E-state index in [-0.39, 0.29) is 0 Å². The van der Waals surface area contributed by atoms with E-state index in [1.807, 2.05) is 0 Å². The summed E-state index contributed by atoms with van der Waals surface area (Å²) in [7, 11) is 0. The average Bonchev–Trinajstić information content (AvgIpc) is 1.79. The highest BCUT2D eigenvalue weighted by Crippen LogP contribution is 2.42. The van der Waals surface area contributed by atoms with E-state index in [0.717, 1.165) is 0 Å². The molecule has 0 bridgehead atoms. The third-order valence-electron chi connectivity index (χ3n) is 1.86. The van der Waals surface area contributed by atoms with Crippen molar-refractivity contribution in [2.45, 2.75) is 32.2 Å². The Morgan fingerprint density at radius 1 is 0.857 bits per heavy atom. The summed E-state index contributed by atoms with van der Waals surface area (Å²) < 4.78 is 72.2. The number of nitrogens with two attached hydrogens (primary N) is 1. The van der Waals surface area contributed by atoms with E-state index >= 15 is 0 Å². The van der Waals surface area contributed by atoms with Crippen molar-refractivity contribution in [2.24, 2.45) is 17.6 Å². The lowest BCUT2D eigenvalue weighted by Crippen LogP contribution is -2.51. The molecule has 0 aromatic carbocycles. The van der Waals surface area contributed by atoms with Crippen molar-refractivity contribution in [3.8, 4) is 0 Å². The standard InChI is InChI=1S/C7H11F6N/c1-3(2)4(14)5(6(8,9)10)7(11,12)13/h3-5H,14H2,1-2H3. The summed E-state index contributed by atoms with van der Waals surface area (Å²) in [5, 5.41) is 0. The van der Waals surface area contributed by atoms with Crippen molar-refractivity contribution in [3.63, 3.8) is 0 Å². The van der Waals surface area contributed by atoms with Crippen LogP contribution >= 0.6 is 0 Å². The number of alkyl halides is 6. The molecule has 0 aromatic rings. The summed E-state index contributed by atoms with van der Waals surface area (Å²) in [6.45, 7) is 2.43. The van der Waals surface area contributed by atoms with Crippen LogP contribution in [0, 0.1) is 11.8 Å². The van der Waals surface area contributed by atoms with Crippen molar-refractivity contribution in [1.82, 2.24) is 0 Å². The SMILES string of the molecule is CC(C)C(N)C(C(F)(F)F)C(F)(F)F. The minimum absolute atomic E-state index is 0.886. The van der Waals surface area contributed by atoms with Crippen molar-refractivity contribution in [1.29, 1.82) is 0 Å². The van der Waals surface area contributed by atoms with Crippen LogP contribution in [0.1, 0.15) is 13.8 Å². The molecule has 0 aliphatic rings. The van der Waals surface area contributed by atoms with E-state index in [9.17, 15) is 26.3 Å². The van der Waals surface area contributed by atoms with Crippen molar-refractivity contribution in [3.05, 3.63) is 0 Å². The third kappa shape index (κ3) is 3.36. The van der Waals surface area contributed by atoms with Crippen LogP contribution in [0.4, 0.5) is 26.3 Å². The van der Waals surface area contributed by atoms with E-state index in [1.54, 1.807) is 0 Å². The molecule has 0 spiro atoms. The lowest BCUT2D eigenvalue weighted by atomic mass is 9.90. The molecule has 7 heteroatoms. The Kier molecular flexibility index (Phi) is 3.83. The van der Waals surface area contributed by atoms with Crippen LogP contribution in [-0.2, 0) is 0 Å². The topological polar surface area (TPSA) is 26.0 Å². The van der Waals surface area contributed by atoms with Gasteiger partial charge in [0.05, 0.1) is 0 Å². The quantitative estimate of drug-likeness (QED) is 0.715. The normalized spacial score (nSPS) is 16.5. The van der Waals surface area contributed by atoms with Gasteiger partial charge in [-0.05, 0) is 5.92 Å². The maximum absolute atomic E-state index is 12.0. The predicted molar refractivity (Wildman–Crippen MR) is 38.4 cm³/mol. The van der Waals surface area contributed by atoms with Gasteiger partial charge in [0.15, 0.2) is 5.92 Å². The van der Waals surface area contributed by atoms with Gasteiger partial charge < -0.3 is 5.73 Å². The van der Waals surface area contributed by atoms with E-state index in [1.165, 1.54) is 13.8 Å². The molecule has 0 heterocycles. The minimum Gasteiger partial charge on any atom is -0.327 e. The Balaban J connectivity index is 4.94. The third-order valence-corrected chi connectivity index (χ3v) is 1.86. The Hall–Kier alpha value is -0.460. The predicted octanol–water partition coefficient (Wildman–Crippen LogP) is 2.71. The first-order chi connectivity index (χ1) is 5.98. The average molecular weight is 223 g/mol. The largest absolute Gasteiger partial charge is 0.402 e. The summed E-state index contributed by atoms with van der Waals surface area (Å²) in [5.74, 6) is -4.33. The highest BCUT2D eigenvalue weighted by atomic mass is 19.4. The second-order valence-corrected chi connectivity index (χ2v) is 3.38. The molecule has 0 aliphatic carbocycles. The van der Waals surface area contributed by atoms with Crippen LogP contribution < -0.4 is 5.73 Å². The lowest BCUT2D eigenvalue weighted by Gasteiger charge is -2.30. The summed E-state index contributed by atoms with van der Waals surface area (Å²) in [6, 6.07) is -1.96. The Bertz CT molecular complexity index is 168. The fraction of sp³-hybridized carbons (Fsp3) is 1.00. The van der Waals surface area contributed by atoms with Crippen LogP contribution in [0.3, 0.4) is 0 Å². The minimum atomic E-state index is -5.35. The zero-order chi connectivity index (χ0) is 11.7. The summed E-state index contributed by atoms with van der Waals surface area (Å²) in [4.78, 5) is 0. The van der Waals surface area contributed by atoms with Gasteiger partial charge in [-0.2, -0.15) is 26.3 Å². The molecular formula is C7H11F6N. The molecule has 1 unspecified atom stereocenters. The Morgan fingerprint density at radius 3 is 1.21 bits per heavy atom. The van der Waals surface area contributed by atoms with Crippen molar-refractivity contribution in [2.75, 3.05) is 0 Å². The van der Waals surface area contributed by atoms with E-state index in [4.69, 9.17) is 5.73 Å². The number of halogens is 6. The second-order valence-electron chi connectivity index (χ2n) is 3.38. The van der Waals surface area contributed by atoms with Crippen LogP contribution in [0.5, 0.6) is 0 Å².